The van der Waals surface area contributed by atoms with Crippen molar-refractivity contribution in [3.05, 3.63) is 17.7 Å². The van der Waals surface area contributed by atoms with Crippen LogP contribution in [0.15, 0.2) is 6.20 Å². The molecule has 0 radical (unpaired) electrons. The van der Waals surface area contributed by atoms with Crippen LogP contribution in [0.2, 0.25) is 0 Å². The van der Waals surface area contributed by atoms with Crippen LogP contribution < -0.4 is 4.72 Å². The topological polar surface area (TPSA) is 93.5 Å². The molecule has 1 aromatic rings. The SMILES string of the molecule is CS(=O)(=O)NCc1cnc2n1CCN(C(=O)C1CCOC1)CC2. The third-order valence-corrected chi connectivity index (χ3v) is 4.99. The van der Waals surface area contributed by atoms with Crippen molar-refractivity contribution in [3.8, 4) is 0 Å². The van der Waals surface area contributed by atoms with Crippen LogP contribution in [0, 0.1) is 5.92 Å². The largest absolute Gasteiger partial charge is 0.381 e. The molecule has 8 nitrogen and oxygen atoms in total. The first-order valence-electron chi connectivity index (χ1n) is 7.78. The maximum atomic E-state index is 12.5. The highest BCUT2D eigenvalue weighted by Crippen LogP contribution is 2.18. The summed E-state index contributed by atoms with van der Waals surface area (Å²) in [6.07, 6.45) is 4.31. The number of rotatable bonds is 4. The molecule has 1 saturated heterocycles. The first kappa shape index (κ1) is 16.4. The summed E-state index contributed by atoms with van der Waals surface area (Å²) < 4.78 is 32.3. The van der Waals surface area contributed by atoms with Crippen LogP contribution in [0.1, 0.15) is 17.9 Å². The van der Waals surface area contributed by atoms with E-state index in [1.807, 2.05) is 9.47 Å². The third kappa shape index (κ3) is 3.91. The second-order valence-corrected chi connectivity index (χ2v) is 7.88. The molecule has 1 aromatic heterocycles. The lowest BCUT2D eigenvalue weighted by atomic mass is 10.1. The predicted octanol–water partition coefficient (Wildman–Crippen LogP) is -0.646. The van der Waals surface area contributed by atoms with Gasteiger partial charge in [0, 0.05) is 38.9 Å². The van der Waals surface area contributed by atoms with Gasteiger partial charge in [0.15, 0.2) is 0 Å². The summed E-state index contributed by atoms with van der Waals surface area (Å²) >= 11 is 0. The molecular formula is C14H22N4O4S. The number of hydrogen-bond donors (Lipinski definition) is 1. The van der Waals surface area contributed by atoms with Gasteiger partial charge in [0.05, 0.1) is 31.0 Å². The Bertz CT molecular complexity index is 679. The van der Waals surface area contributed by atoms with Crippen molar-refractivity contribution in [2.24, 2.45) is 5.92 Å². The predicted molar refractivity (Wildman–Crippen MR) is 83.1 cm³/mol. The van der Waals surface area contributed by atoms with E-state index in [2.05, 4.69) is 9.71 Å². The summed E-state index contributed by atoms with van der Waals surface area (Å²) in [6.45, 7) is 3.29. The van der Waals surface area contributed by atoms with Gasteiger partial charge in [-0.3, -0.25) is 4.79 Å². The number of carbonyl (C=O) groups excluding carboxylic acids is 1. The van der Waals surface area contributed by atoms with E-state index in [1.54, 1.807) is 6.20 Å². The molecule has 1 fully saturated rings. The molecule has 2 aliphatic rings. The van der Waals surface area contributed by atoms with Gasteiger partial charge >= 0.3 is 0 Å². The first-order valence-corrected chi connectivity index (χ1v) is 9.67. The third-order valence-electron chi connectivity index (χ3n) is 4.33. The summed E-state index contributed by atoms with van der Waals surface area (Å²) in [5.41, 5.74) is 0.823. The van der Waals surface area contributed by atoms with E-state index in [0.29, 0.717) is 39.3 Å². The summed E-state index contributed by atoms with van der Waals surface area (Å²) in [7, 11) is -3.24. The molecule has 1 unspecified atom stereocenters. The molecule has 0 aromatic carbocycles. The Hall–Kier alpha value is -1.45. The number of fused-ring (bicyclic) bond motifs is 1. The van der Waals surface area contributed by atoms with Crippen molar-refractivity contribution in [3.63, 3.8) is 0 Å². The standard InChI is InChI=1S/C14H22N4O4S/c1-23(20,21)16-9-12-8-15-13-2-4-17(5-6-18(12)13)14(19)11-3-7-22-10-11/h8,11,16H,2-7,9-10H2,1H3. The lowest BCUT2D eigenvalue weighted by Crippen LogP contribution is -2.38. The average molecular weight is 342 g/mol. The number of amides is 1. The van der Waals surface area contributed by atoms with E-state index < -0.39 is 10.0 Å². The Kier molecular flexibility index (Phi) is 4.69. The van der Waals surface area contributed by atoms with Crippen LogP contribution in [0.3, 0.4) is 0 Å². The van der Waals surface area contributed by atoms with Crippen molar-refractivity contribution < 1.29 is 17.9 Å². The summed E-state index contributed by atoms with van der Waals surface area (Å²) in [6, 6.07) is 0. The number of nitrogens with one attached hydrogen (secondary N) is 1. The van der Waals surface area contributed by atoms with E-state index >= 15 is 0 Å². The van der Waals surface area contributed by atoms with Crippen LogP contribution >= 0.6 is 0 Å². The van der Waals surface area contributed by atoms with Crippen LogP contribution in [0.5, 0.6) is 0 Å². The zero-order chi connectivity index (χ0) is 16.4. The number of sulfonamides is 1. The molecule has 0 bridgehead atoms. The second kappa shape index (κ2) is 6.58. The van der Waals surface area contributed by atoms with E-state index in [4.69, 9.17) is 4.74 Å². The number of imidazole rings is 1. The van der Waals surface area contributed by atoms with Crippen molar-refractivity contribution in [2.45, 2.75) is 25.9 Å². The van der Waals surface area contributed by atoms with Gasteiger partial charge in [0.1, 0.15) is 5.82 Å². The minimum atomic E-state index is -3.24. The molecule has 2 aliphatic heterocycles. The molecule has 0 spiro atoms. The normalized spacial score (nSPS) is 22.0. The summed E-state index contributed by atoms with van der Waals surface area (Å²) in [5.74, 6) is 1.03. The minimum Gasteiger partial charge on any atom is -0.381 e. The van der Waals surface area contributed by atoms with Gasteiger partial charge < -0.3 is 14.2 Å². The van der Waals surface area contributed by atoms with Crippen molar-refractivity contribution in [1.82, 2.24) is 19.2 Å². The van der Waals surface area contributed by atoms with E-state index in [9.17, 15) is 13.2 Å². The molecule has 1 atom stereocenters. The van der Waals surface area contributed by atoms with Crippen molar-refractivity contribution >= 4 is 15.9 Å². The van der Waals surface area contributed by atoms with Crippen LogP contribution in [0.25, 0.3) is 0 Å². The van der Waals surface area contributed by atoms with E-state index in [0.717, 1.165) is 24.2 Å². The lowest BCUT2D eigenvalue weighted by molar-refractivity contribution is -0.135. The van der Waals surface area contributed by atoms with Crippen LogP contribution in [-0.4, -0.2) is 61.3 Å². The average Bonchev–Trinajstić information content (AvgIpc) is 3.10. The molecule has 23 heavy (non-hydrogen) atoms. The number of aromatic nitrogens is 2. The van der Waals surface area contributed by atoms with Crippen LogP contribution in [0.4, 0.5) is 0 Å². The fourth-order valence-corrected chi connectivity index (χ4v) is 3.46. The smallest absolute Gasteiger partial charge is 0.228 e. The number of nitrogens with zero attached hydrogens (tertiary/aromatic N) is 3. The number of carbonyl (C=O) groups is 1. The molecule has 9 heteroatoms. The second-order valence-electron chi connectivity index (χ2n) is 6.05. The van der Waals surface area contributed by atoms with Gasteiger partial charge in [0.2, 0.25) is 15.9 Å². The number of ether oxygens (including phenoxy) is 1. The van der Waals surface area contributed by atoms with E-state index in [-0.39, 0.29) is 18.4 Å². The van der Waals surface area contributed by atoms with Gasteiger partial charge in [0.25, 0.3) is 0 Å². The Morgan fingerprint density at radius 3 is 2.96 bits per heavy atom. The van der Waals surface area contributed by atoms with Gasteiger partial charge in [-0.15, -0.1) is 0 Å². The zero-order valence-electron chi connectivity index (χ0n) is 13.2. The Balaban J connectivity index is 1.66. The van der Waals surface area contributed by atoms with Crippen LogP contribution in [-0.2, 0) is 39.1 Å². The molecule has 128 valence electrons. The maximum absolute atomic E-state index is 12.5. The maximum Gasteiger partial charge on any atom is 0.228 e. The molecular weight excluding hydrogens is 320 g/mol. The van der Waals surface area contributed by atoms with E-state index in [1.165, 1.54) is 0 Å². The number of hydrogen-bond acceptors (Lipinski definition) is 5. The Labute approximate surface area is 135 Å². The summed E-state index contributed by atoms with van der Waals surface area (Å²) in [5, 5.41) is 0. The minimum absolute atomic E-state index is 0.0215. The highest BCUT2D eigenvalue weighted by atomic mass is 32.2. The van der Waals surface area contributed by atoms with Gasteiger partial charge in [-0.1, -0.05) is 0 Å². The highest BCUT2D eigenvalue weighted by Gasteiger charge is 2.29. The molecule has 0 saturated carbocycles. The van der Waals surface area contributed by atoms with Gasteiger partial charge in [-0.2, -0.15) is 0 Å². The summed E-state index contributed by atoms with van der Waals surface area (Å²) in [4.78, 5) is 18.7. The van der Waals surface area contributed by atoms with Crippen molar-refractivity contribution in [2.75, 3.05) is 32.6 Å². The van der Waals surface area contributed by atoms with Crippen molar-refractivity contribution in [1.29, 1.82) is 0 Å². The fourth-order valence-electron chi connectivity index (χ4n) is 3.05. The highest BCUT2D eigenvalue weighted by molar-refractivity contribution is 7.88. The quantitative estimate of drug-likeness (QED) is 0.785. The zero-order valence-corrected chi connectivity index (χ0v) is 14.0. The van der Waals surface area contributed by atoms with Gasteiger partial charge in [-0.05, 0) is 6.42 Å². The fraction of sp³-hybridized carbons (Fsp3) is 0.714. The molecule has 0 aliphatic carbocycles. The molecule has 1 N–H and O–H groups in total. The first-order chi connectivity index (χ1) is 10.9. The monoisotopic (exact) mass is 342 g/mol. The Morgan fingerprint density at radius 2 is 2.26 bits per heavy atom. The molecule has 3 heterocycles. The molecule has 3 rings (SSSR count). The Morgan fingerprint density at radius 1 is 1.43 bits per heavy atom. The van der Waals surface area contributed by atoms with Gasteiger partial charge in [-0.25, -0.2) is 18.1 Å². The molecule has 1 amide bonds. The lowest BCUT2D eigenvalue weighted by Gasteiger charge is -2.23.